The molecule has 0 saturated heterocycles. The lowest BCUT2D eigenvalue weighted by molar-refractivity contribution is 0.181. The molecule has 0 amide bonds. The Morgan fingerprint density at radius 3 is 2.65 bits per heavy atom. The molecule has 0 atom stereocenters. The minimum absolute atomic E-state index is 0.251. The number of phenols is 1. The van der Waals surface area contributed by atoms with Gasteiger partial charge in [0.1, 0.15) is 10.8 Å². The van der Waals surface area contributed by atoms with Crippen LogP contribution in [0.5, 0.6) is 5.75 Å². The van der Waals surface area contributed by atoms with Crippen molar-refractivity contribution in [3.05, 3.63) is 34.8 Å². The molecule has 3 N–H and O–H groups in total. The van der Waals surface area contributed by atoms with Gasteiger partial charge in [-0.2, -0.15) is 0 Å². The smallest absolute Gasteiger partial charge is 0.124 e. The summed E-state index contributed by atoms with van der Waals surface area (Å²) in [5.41, 5.74) is 7.54. The lowest BCUT2D eigenvalue weighted by Crippen LogP contribution is -1.99. The van der Waals surface area contributed by atoms with Crippen LogP contribution in [-0.2, 0) is 17.9 Å². The van der Waals surface area contributed by atoms with E-state index in [4.69, 9.17) is 10.5 Å². The maximum atomic E-state index is 9.24. The number of aromatic hydroxyl groups is 1. The van der Waals surface area contributed by atoms with E-state index in [-0.39, 0.29) is 5.75 Å². The fourth-order valence-corrected chi connectivity index (χ4v) is 2.47. The molecule has 17 heavy (non-hydrogen) atoms. The number of nitrogens with two attached hydrogens (primary N) is 1. The molecule has 5 heteroatoms. The van der Waals surface area contributed by atoms with Crippen molar-refractivity contribution in [2.75, 3.05) is 7.11 Å². The Morgan fingerprint density at radius 2 is 2.06 bits per heavy atom. The Morgan fingerprint density at radius 1 is 1.35 bits per heavy atom. The van der Waals surface area contributed by atoms with Gasteiger partial charge in [-0.25, -0.2) is 4.98 Å². The number of thiazole rings is 1. The molecular formula is C12H14N2O2S. The summed E-state index contributed by atoms with van der Waals surface area (Å²) in [6.45, 7) is 0.940. The number of hydrogen-bond donors (Lipinski definition) is 2. The van der Waals surface area contributed by atoms with Crippen LogP contribution in [-0.4, -0.2) is 17.2 Å². The number of aromatic nitrogens is 1. The lowest BCUT2D eigenvalue weighted by atomic mass is 10.2. The highest BCUT2D eigenvalue weighted by atomic mass is 32.1. The van der Waals surface area contributed by atoms with Gasteiger partial charge in [-0.05, 0) is 24.3 Å². The standard InChI is InChI=1S/C12H14N2O2S/c1-16-7-10-11(6-13)17-12(14-10)8-2-4-9(15)5-3-8/h2-5,15H,6-7,13H2,1H3. The van der Waals surface area contributed by atoms with E-state index < -0.39 is 0 Å². The lowest BCUT2D eigenvalue weighted by Gasteiger charge is -1.96. The predicted octanol–water partition coefficient (Wildman–Crippen LogP) is 2.12. The van der Waals surface area contributed by atoms with Crippen molar-refractivity contribution in [2.24, 2.45) is 5.73 Å². The zero-order valence-electron chi connectivity index (χ0n) is 9.51. The fourth-order valence-electron chi connectivity index (χ4n) is 1.52. The van der Waals surface area contributed by atoms with Gasteiger partial charge < -0.3 is 15.6 Å². The highest BCUT2D eigenvalue weighted by molar-refractivity contribution is 7.15. The third-order valence-corrected chi connectivity index (χ3v) is 3.53. The molecule has 1 aromatic carbocycles. The van der Waals surface area contributed by atoms with Gasteiger partial charge in [0.2, 0.25) is 0 Å². The second kappa shape index (κ2) is 5.27. The summed E-state index contributed by atoms with van der Waals surface area (Å²) < 4.78 is 5.09. The van der Waals surface area contributed by atoms with Crippen LogP contribution in [0.4, 0.5) is 0 Å². The van der Waals surface area contributed by atoms with Crippen molar-refractivity contribution in [1.29, 1.82) is 0 Å². The molecule has 0 bridgehead atoms. The number of hydrogen-bond acceptors (Lipinski definition) is 5. The minimum Gasteiger partial charge on any atom is -0.508 e. The van der Waals surface area contributed by atoms with Crippen molar-refractivity contribution in [2.45, 2.75) is 13.2 Å². The summed E-state index contributed by atoms with van der Waals surface area (Å²) in [6.07, 6.45) is 0. The Kier molecular flexibility index (Phi) is 3.73. The van der Waals surface area contributed by atoms with E-state index in [0.29, 0.717) is 13.2 Å². The van der Waals surface area contributed by atoms with Crippen molar-refractivity contribution in [3.8, 4) is 16.3 Å². The Balaban J connectivity index is 2.35. The summed E-state index contributed by atoms with van der Waals surface area (Å²) in [5.74, 6) is 0.251. The third-order valence-electron chi connectivity index (χ3n) is 2.36. The normalized spacial score (nSPS) is 10.7. The number of phenolic OH excluding ortho intramolecular Hbond substituents is 1. The highest BCUT2D eigenvalue weighted by Crippen LogP contribution is 2.29. The summed E-state index contributed by atoms with van der Waals surface area (Å²) in [4.78, 5) is 5.54. The van der Waals surface area contributed by atoms with Gasteiger partial charge in [-0.3, -0.25) is 0 Å². The Bertz CT molecular complexity index is 494. The van der Waals surface area contributed by atoms with Gasteiger partial charge in [-0.15, -0.1) is 11.3 Å². The molecular weight excluding hydrogens is 236 g/mol. The first-order chi connectivity index (χ1) is 8.24. The first kappa shape index (κ1) is 12.0. The monoisotopic (exact) mass is 250 g/mol. The van der Waals surface area contributed by atoms with Gasteiger partial charge >= 0.3 is 0 Å². The first-order valence-electron chi connectivity index (χ1n) is 5.21. The maximum Gasteiger partial charge on any atom is 0.124 e. The molecule has 0 aliphatic rings. The van der Waals surface area contributed by atoms with Crippen molar-refractivity contribution >= 4 is 11.3 Å². The minimum atomic E-state index is 0.251. The molecule has 4 nitrogen and oxygen atoms in total. The summed E-state index contributed by atoms with van der Waals surface area (Å²) >= 11 is 1.56. The SMILES string of the molecule is COCc1nc(-c2ccc(O)cc2)sc1CN. The maximum absolute atomic E-state index is 9.24. The Labute approximate surface area is 104 Å². The first-order valence-corrected chi connectivity index (χ1v) is 6.03. The van der Waals surface area contributed by atoms with Gasteiger partial charge in [0.15, 0.2) is 0 Å². The van der Waals surface area contributed by atoms with E-state index in [1.54, 1.807) is 30.6 Å². The number of ether oxygens (including phenoxy) is 1. The van der Waals surface area contributed by atoms with E-state index in [0.717, 1.165) is 21.1 Å². The van der Waals surface area contributed by atoms with Gasteiger partial charge in [0.25, 0.3) is 0 Å². The molecule has 90 valence electrons. The molecule has 2 rings (SSSR count). The van der Waals surface area contributed by atoms with E-state index in [1.807, 2.05) is 12.1 Å². The number of benzene rings is 1. The molecule has 1 aromatic heterocycles. The van der Waals surface area contributed by atoms with E-state index in [9.17, 15) is 5.11 Å². The molecule has 0 saturated carbocycles. The van der Waals surface area contributed by atoms with Crippen LogP contribution < -0.4 is 5.73 Å². The fraction of sp³-hybridized carbons (Fsp3) is 0.250. The number of rotatable bonds is 4. The topological polar surface area (TPSA) is 68.4 Å². The van der Waals surface area contributed by atoms with E-state index >= 15 is 0 Å². The van der Waals surface area contributed by atoms with Crippen LogP contribution in [0.25, 0.3) is 10.6 Å². The van der Waals surface area contributed by atoms with Crippen LogP contribution in [0.15, 0.2) is 24.3 Å². The van der Waals surface area contributed by atoms with Crippen molar-refractivity contribution in [1.82, 2.24) is 4.98 Å². The zero-order valence-corrected chi connectivity index (χ0v) is 10.3. The van der Waals surface area contributed by atoms with Crippen LogP contribution in [0, 0.1) is 0 Å². The van der Waals surface area contributed by atoms with Crippen molar-refractivity contribution in [3.63, 3.8) is 0 Å². The van der Waals surface area contributed by atoms with Crippen LogP contribution >= 0.6 is 11.3 Å². The molecule has 0 aliphatic carbocycles. The zero-order chi connectivity index (χ0) is 12.3. The third kappa shape index (κ3) is 2.63. The number of nitrogens with zero attached hydrogens (tertiary/aromatic N) is 1. The quantitative estimate of drug-likeness (QED) is 0.872. The summed E-state index contributed by atoms with van der Waals surface area (Å²) in [5, 5.41) is 10.1. The van der Waals surface area contributed by atoms with Crippen LogP contribution in [0.2, 0.25) is 0 Å². The molecule has 0 aliphatic heterocycles. The molecule has 0 fully saturated rings. The molecule has 0 radical (unpaired) electrons. The van der Waals surface area contributed by atoms with Crippen molar-refractivity contribution < 1.29 is 9.84 Å². The van der Waals surface area contributed by atoms with Gasteiger partial charge in [0.05, 0.1) is 12.3 Å². The molecule has 2 aromatic rings. The summed E-state index contributed by atoms with van der Waals surface area (Å²) in [6, 6.07) is 6.97. The van der Waals surface area contributed by atoms with Gasteiger partial charge in [0, 0.05) is 24.1 Å². The van der Waals surface area contributed by atoms with Crippen LogP contribution in [0.1, 0.15) is 10.6 Å². The van der Waals surface area contributed by atoms with E-state index in [2.05, 4.69) is 4.98 Å². The van der Waals surface area contributed by atoms with Crippen LogP contribution in [0.3, 0.4) is 0 Å². The predicted molar refractivity (Wildman–Crippen MR) is 67.8 cm³/mol. The molecule has 0 spiro atoms. The van der Waals surface area contributed by atoms with Gasteiger partial charge in [-0.1, -0.05) is 0 Å². The largest absolute Gasteiger partial charge is 0.508 e. The second-order valence-corrected chi connectivity index (χ2v) is 4.66. The average molecular weight is 250 g/mol. The second-order valence-electron chi connectivity index (χ2n) is 3.57. The average Bonchev–Trinajstić information content (AvgIpc) is 2.74. The Hall–Kier alpha value is -1.43. The summed E-state index contributed by atoms with van der Waals surface area (Å²) in [7, 11) is 1.64. The van der Waals surface area contributed by atoms with E-state index in [1.165, 1.54) is 0 Å². The molecule has 1 heterocycles. The number of methoxy groups -OCH3 is 1. The highest BCUT2D eigenvalue weighted by Gasteiger charge is 2.11. The molecule has 0 unspecified atom stereocenters.